The number of nitrogens with zero attached hydrogens (tertiary/aromatic N) is 3. The average Bonchev–Trinajstić information content (AvgIpc) is 2.70. The first-order valence-electron chi connectivity index (χ1n) is 9.10. The van der Waals surface area contributed by atoms with Gasteiger partial charge >= 0.3 is 0 Å². The fourth-order valence-corrected chi connectivity index (χ4v) is 2.81. The number of benzene rings is 2. The fourth-order valence-electron chi connectivity index (χ4n) is 2.81. The Kier molecular flexibility index (Phi) is 6.20. The minimum absolute atomic E-state index is 0.237. The van der Waals surface area contributed by atoms with E-state index in [2.05, 4.69) is 51.5 Å². The van der Waals surface area contributed by atoms with E-state index in [0.717, 1.165) is 24.3 Å². The van der Waals surface area contributed by atoms with Crippen LogP contribution in [-0.4, -0.2) is 23.1 Å². The molecular weight excluding hydrogens is 341 g/mol. The molecule has 3 rings (SSSR count). The number of anilines is 4. The summed E-state index contributed by atoms with van der Waals surface area (Å²) in [5.41, 5.74) is 3.15. The Morgan fingerprint density at radius 1 is 0.889 bits per heavy atom. The Morgan fingerprint density at radius 2 is 1.56 bits per heavy atom. The van der Waals surface area contributed by atoms with Gasteiger partial charge in [-0.15, -0.1) is 0 Å². The van der Waals surface area contributed by atoms with Gasteiger partial charge in [0.1, 0.15) is 23.8 Å². The Morgan fingerprint density at radius 3 is 2.22 bits per heavy atom. The van der Waals surface area contributed by atoms with Crippen LogP contribution < -0.4 is 15.5 Å². The molecule has 3 aromatic rings. The third-order valence-corrected chi connectivity index (χ3v) is 4.32. The number of halogens is 1. The van der Waals surface area contributed by atoms with Crippen molar-refractivity contribution < 1.29 is 4.39 Å². The normalized spacial score (nSPS) is 10.5. The van der Waals surface area contributed by atoms with E-state index in [-0.39, 0.29) is 5.82 Å². The van der Waals surface area contributed by atoms with Crippen molar-refractivity contribution >= 4 is 23.0 Å². The summed E-state index contributed by atoms with van der Waals surface area (Å²) < 4.78 is 13.0. The van der Waals surface area contributed by atoms with Crippen molar-refractivity contribution in [3.05, 3.63) is 72.3 Å². The minimum atomic E-state index is -0.237. The molecule has 0 atom stereocenters. The highest BCUT2D eigenvalue weighted by molar-refractivity contribution is 5.62. The van der Waals surface area contributed by atoms with Crippen molar-refractivity contribution in [3.63, 3.8) is 0 Å². The zero-order valence-corrected chi connectivity index (χ0v) is 15.6. The molecular formula is C21H24FN5. The minimum Gasteiger partial charge on any atom is -0.372 e. The lowest BCUT2D eigenvalue weighted by Gasteiger charge is -2.21. The van der Waals surface area contributed by atoms with Crippen molar-refractivity contribution in [2.45, 2.75) is 20.4 Å². The quantitative estimate of drug-likeness (QED) is 0.599. The molecule has 1 heterocycles. The summed E-state index contributed by atoms with van der Waals surface area (Å²) in [6.07, 6.45) is 1.51. The topological polar surface area (TPSA) is 53.1 Å². The summed E-state index contributed by atoms with van der Waals surface area (Å²) in [6.45, 7) is 6.83. The maximum absolute atomic E-state index is 13.0. The first kappa shape index (κ1) is 18.6. The molecule has 0 aliphatic carbocycles. The van der Waals surface area contributed by atoms with Crippen molar-refractivity contribution in [2.24, 2.45) is 0 Å². The zero-order chi connectivity index (χ0) is 19.1. The number of rotatable bonds is 8. The largest absolute Gasteiger partial charge is 0.372 e. The second-order valence-electron chi connectivity index (χ2n) is 6.11. The Hall–Kier alpha value is -3.15. The van der Waals surface area contributed by atoms with Crippen molar-refractivity contribution in [3.8, 4) is 0 Å². The maximum Gasteiger partial charge on any atom is 0.135 e. The van der Waals surface area contributed by atoms with Gasteiger partial charge in [-0.2, -0.15) is 0 Å². The molecule has 0 aliphatic rings. The number of hydrogen-bond donors (Lipinski definition) is 2. The Labute approximate surface area is 159 Å². The third kappa shape index (κ3) is 5.17. The van der Waals surface area contributed by atoms with Gasteiger partial charge in [0.05, 0.1) is 0 Å². The second-order valence-corrected chi connectivity index (χ2v) is 6.11. The van der Waals surface area contributed by atoms with E-state index < -0.39 is 0 Å². The first-order valence-corrected chi connectivity index (χ1v) is 9.10. The van der Waals surface area contributed by atoms with E-state index in [1.165, 1.54) is 24.1 Å². The maximum atomic E-state index is 13.0. The standard InChI is InChI=1S/C21H24FN5/c1-3-27(4-2)19-11-9-18(10-12-19)26-21-13-20(24-15-25-21)23-14-16-5-7-17(22)8-6-16/h5-13,15H,3-4,14H2,1-2H3,(H2,23,24,25,26). The molecule has 0 saturated carbocycles. The smallest absolute Gasteiger partial charge is 0.135 e. The lowest BCUT2D eigenvalue weighted by molar-refractivity contribution is 0.627. The molecule has 5 nitrogen and oxygen atoms in total. The van der Waals surface area contributed by atoms with Gasteiger partial charge in [-0.3, -0.25) is 0 Å². The average molecular weight is 365 g/mol. The van der Waals surface area contributed by atoms with E-state index in [4.69, 9.17) is 0 Å². The highest BCUT2D eigenvalue weighted by Crippen LogP contribution is 2.21. The first-order chi connectivity index (χ1) is 13.2. The molecule has 2 N–H and O–H groups in total. The third-order valence-electron chi connectivity index (χ3n) is 4.32. The molecule has 0 aliphatic heterocycles. The summed E-state index contributed by atoms with van der Waals surface area (Å²) in [6, 6.07) is 16.5. The van der Waals surface area contributed by atoms with Crippen LogP contribution in [0.25, 0.3) is 0 Å². The molecule has 140 valence electrons. The molecule has 0 unspecified atom stereocenters. The summed E-state index contributed by atoms with van der Waals surface area (Å²) in [5, 5.41) is 6.52. The lowest BCUT2D eigenvalue weighted by atomic mass is 10.2. The van der Waals surface area contributed by atoms with Crippen molar-refractivity contribution in [1.82, 2.24) is 9.97 Å². The molecule has 27 heavy (non-hydrogen) atoms. The Balaban J connectivity index is 1.62. The van der Waals surface area contributed by atoms with Gasteiger partial charge in [0, 0.05) is 37.1 Å². The van der Waals surface area contributed by atoms with E-state index >= 15 is 0 Å². The summed E-state index contributed by atoms with van der Waals surface area (Å²) in [4.78, 5) is 10.8. The van der Waals surface area contributed by atoms with Crippen LogP contribution in [0.4, 0.5) is 27.4 Å². The molecule has 0 spiro atoms. The van der Waals surface area contributed by atoms with E-state index in [1.807, 2.05) is 18.2 Å². The van der Waals surface area contributed by atoms with Crippen LogP contribution in [0.2, 0.25) is 0 Å². The number of aromatic nitrogens is 2. The number of hydrogen-bond acceptors (Lipinski definition) is 5. The van der Waals surface area contributed by atoms with Crippen LogP contribution in [0.3, 0.4) is 0 Å². The van der Waals surface area contributed by atoms with Gasteiger partial charge < -0.3 is 15.5 Å². The van der Waals surface area contributed by atoms with Gasteiger partial charge in [-0.05, 0) is 55.8 Å². The molecule has 0 bridgehead atoms. The van der Waals surface area contributed by atoms with Gasteiger partial charge in [0.2, 0.25) is 0 Å². The molecule has 6 heteroatoms. The molecule has 0 radical (unpaired) electrons. The van der Waals surface area contributed by atoms with Crippen LogP contribution in [0.15, 0.2) is 60.9 Å². The highest BCUT2D eigenvalue weighted by atomic mass is 19.1. The van der Waals surface area contributed by atoms with Crippen LogP contribution in [0.1, 0.15) is 19.4 Å². The van der Waals surface area contributed by atoms with Gasteiger partial charge in [-0.1, -0.05) is 12.1 Å². The van der Waals surface area contributed by atoms with E-state index in [0.29, 0.717) is 18.2 Å². The fraction of sp³-hybridized carbons (Fsp3) is 0.238. The number of nitrogens with one attached hydrogen (secondary N) is 2. The van der Waals surface area contributed by atoms with E-state index in [9.17, 15) is 4.39 Å². The zero-order valence-electron chi connectivity index (χ0n) is 15.6. The molecule has 0 amide bonds. The van der Waals surface area contributed by atoms with Gasteiger partial charge in [-0.25, -0.2) is 14.4 Å². The van der Waals surface area contributed by atoms with E-state index in [1.54, 1.807) is 12.1 Å². The second kappa shape index (κ2) is 8.98. The van der Waals surface area contributed by atoms with Crippen LogP contribution in [0.5, 0.6) is 0 Å². The van der Waals surface area contributed by atoms with Crippen molar-refractivity contribution in [2.75, 3.05) is 28.6 Å². The van der Waals surface area contributed by atoms with Crippen LogP contribution in [0, 0.1) is 5.82 Å². The predicted octanol–water partition coefficient (Wildman–Crippen LogP) is 4.82. The van der Waals surface area contributed by atoms with Crippen molar-refractivity contribution in [1.29, 1.82) is 0 Å². The predicted molar refractivity (Wildman–Crippen MR) is 109 cm³/mol. The monoisotopic (exact) mass is 365 g/mol. The van der Waals surface area contributed by atoms with Crippen LogP contribution in [-0.2, 0) is 6.54 Å². The highest BCUT2D eigenvalue weighted by Gasteiger charge is 2.03. The lowest BCUT2D eigenvalue weighted by Crippen LogP contribution is -2.21. The molecule has 1 aromatic heterocycles. The molecule has 0 saturated heterocycles. The summed E-state index contributed by atoms with van der Waals surface area (Å²) in [5.74, 6) is 1.18. The Bertz CT molecular complexity index is 845. The molecule has 2 aromatic carbocycles. The summed E-state index contributed by atoms with van der Waals surface area (Å²) in [7, 11) is 0. The SMILES string of the molecule is CCN(CC)c1ccc(Nc2cc(NCc3ccc(F)cc3)ncn2)cc1. The van der Waals surface area contributed by atoms with Crippen LogP contribution >= 0.6 is 0 Å². The van der Waals surface area contributed by atoms with Gasteiger partial charge in [0.15, 0.2) is 0 Å². The summed E-state index contributed by atoms with van der Waals surface area (Å²) >= 11 is 0. The molecule has 0 fully saturated rings. The van der Waals surface area contributed by atoms with Gasteiger partial charge in [0.25, 0.3) is 0 Å².